The van der Waals surface area contributed by atoms with E-state index >= 15 is 0 Å². The van der Waals surface area contributed by atoms with E-state index in [1.807, 2.05) is 18.2 Å². The molecule has 122 valence electrons. The maximum absolute atomic E-state index is 12.3. The van der Waals surface area contributed by atoms with Crippen LogP contribution < -0.4 is 0 Å². The fourth-order valence-electron chi connectivity index (χ4n) is 2.39. The highest BCUT2D eigenvalue weighted by atomic mass is 16.5. The van der Waals surface area contributed by atoms with Crippen LogP contribution >= 0.6 is 0 Å². The fourth-order valence-corrected chi connectivity index (χ4v) is 2.39. The van der Waals surface area contributed by atoms with Gasteiger partial charge in [-0.1, -0.05) is 18.2 Å². The first-order valence-electron chi connectivity index (χ1n) is 7.61. The standard InChI is InChI=1S/C18H21NO4/c1-19-14-8-6-4-2-3-5-7-9-23-18(22)17-13(10-14)11-15(20)12-16(17)21/h3,5-6,8,11-12,20-21H,2,4,7,9-10H2,1H3/b5-3+,8-6+,19-14?. The lowest BCUT2D eigenvalue weighted by Gasteiger charge is -2.12. The SMILES string of the molecule is CN=C1/C=C/CC/C=C/CCOC(=O)c2c(O)cc(O)cc2C1. The lowest BCUT2D eigenvalue weighted by atomic mass is 9.99. The molecule has 0 atom stereocenters. The molecule has 1 aliphatic heterocycles. The molecular weight excluding hydrogens is 294 g/mol. The molecule has 0 bridgehead atoms. The molecule has 0 aromatic heterocycles. The van der Waals surface area contributed by atoms with Crippen molar-refractivity contribution in [3.63, 3.8) is 0 Å². The minimum atomic E-state index is -0.595. The molecule has 0 aliphatic carbocycles. The van der Waals surface area contributed by atoms with E-state index in [0.717, 1.165) is 24.6 Å². The highest BCUT2D eigenvalue weighted by molar-refractivity contribution is 6.00. The van der Waals surface area contributed by atoms with Crippen LogP contribution in [0.2, 0.25) is 0 Å². The van der Waals surface area contributed by atoms with Crippen LogP contribution in [-0.4, -0.2) is 35.5 Å². The molecule has 2 N–H and O–H groups in total. The van der Waals surface area contributed by atoms with E-state index in [1.54, 1.807) is 7.05 Å². The zero-order valence-corrected chi connectivity index (χ0v) is 13.2. The normalized spacial score (nSPS) is 21.1. The van der Waals surface area contributed by atoms with E-state index in [2.05, 4.69) is 11.1 Å². The van der Waals surface area contributed by atoms with Gasteiger partial charge in [0.2, 0.25) is 0 Å². The molecule has 1 aromatic carbocycles. The number of aliphatic imine (C=N–C) groups is 1. The van der Waals surface area contributed by atoms with Crippen LogP contribution in [0.5, 0.6) is 11.5 Å². The maximum Gasteiger partial charge on any atom is 0.342 e. The van der Waals surface area contributed by atoms with Crippen LogP contribution in [-0.2, 0) is 11.2 Å². The Balaban J connectivity index is 2.41. The van der Waals surface area contributed by atoms with Crippen LogP contribution in [0.4, 0.5) is 0 Å². The third kappa shape index (κ3) is 4.71. The summed E-state index contributed by atoms with van der Waals surface area (Å²) in [7, 11) is 1.67. The molecule has 1 aliphatic rings. The molecule has 0 unspecified atom stereocenters. The highest BCUT2D eigenvalue weighted by Gasteiger charge is 2.20. The van der Waals surface area contributed by atoms with E-state index < -0.39 is 5.97 Å². The van der Waals surface area contributed by atoms with Crippen molar-refractivity contribution in [3.8, 4) is 11.5 Å². The van der Waals surface area contributed by atoms with Gasteiger partial charge in [0.15, 0.2) is 0 Å². The number of hydrogen-bond donors (Lipinski definition) is 2. The van der Waals surface area contributed by atoms with Gasteiger partial charge < -0.3 is 14.9 Å². The first-order valence-corrected chi connectivity index (χ1v) is 7.61. The molecule has 5 nitrogen and oxygen atoms in total. The van der Waals surface area contributed by atoms with Crippen molar-refractivity contribution in [3.05, 3.63) is 47.6 Å². The van der Waals surface area contributed by atoms with E-state index in [-0.39, 0.29) is 23.7 Å². The quantitative estimate of drug-likeness (QED) is 0.569. The Labute approximate surface area is 135 Å². The van der Waals surface area contributed by atoms with Crippen molar-refractivity contribution in [2.45, 2.75) is 25.7 Å². The lowest BCUT2D eigenvalue weighted by Crippen LogP contribution is -2.12. The number of nitrogens with zero attached hydrogens (tertiary/aromatic N) is 1. The number of phenolic OH excluding ortho intramolecular Hbond substituents is 2. The third-order valence-corrected chi connectivity index (χ3v) is 3.54. The Kier molecular flexibility index (Phi) is 5.97. The van der Waals surface area contributed by atoms with Crippen LogP contribution in [0, 0.1) is 0 Å². The number of cyclic esters (lactones) is 1. The molecule has 23 heavy (non-hydrogen) atoms. The smallest absolute Gasteiger partial charge is 0.342 e. The molecule has 0 amide bonds. The summed E-state index contributed by atoms with van der Waals surface area (Å²) < 4.78 is 5.21. The van der Waals surface area contributed by atoms with E-state index in [1.165, 1.54) is 6.07 Å². The summed E-state index contributed by atoms with van der Waals surface area (Å²) in [5.74, 6) is -0.980. The second-order valence-electron chi connectivity index (χ2n) is 5.27. The summed E-state index contributed by atoms with van der Waals surface area (Å²) in [6.45, 7) is 0.250. The Bertz CT molecular complexity index is 659. The summed E-state index contributed by atoms with van der Waals surface area (Å²) >= 11 is 0. The average Bonchev–Trinajstić information content (AvgIpc) is 2.50. The molecule has 5 heteroatoms. The predicted octanol–water partition coefficient (Wildman–Crippen LogP) is 3.16. The monoisotopic (exact) mass is 315 g/mol. The molecule has 0 spiro atoms. The second-order valence-corrected chi connectivity index (χ2v) is 5.27. The van der Waals surface area contributed by atoms with Gasteiger partial charge in [0.05, 0.1) is 6.61 Å². The van der Waals surface area contributed by atoms with Gasteiger partial charge >= 0.3 is 5.97 Å². The zero-order chi connectivity index (χ0) is 16.7. The van der Waals surface area contributed by atoms with Gasteiger partial charge in [-0.15, -0.1) is 0 Å². The third-order valence-electron chi connectivity index (χ3n) is 3.54. The van der Waals surface area contributed by atoms with Crippen LogP contribution in [0.15, 0.2) is 41.4 Å². The number of ether oxygens (including phenoxy) is 1. The van der Waals surface area contributed by atoms with Gasteiger partial charge in [0.25, 0.3) is 0 Å². The number of benzene rings is 1. The van der Waals surface area contributed by atoms with Crippen molar-refractivity contribution in [1.29, 1.82) is 0 Å². The Hall–Kier alpha value is -2.56. The van der Waals surface area contributed by atoms with Gasteiger partial charge in [-0.2, -0.15) is 0 Å². The zero-order valence-electron chi connectivity index (χ0n) is 13.2. The number of fused-ring (bicyclic) bond motifs is 1. The first-order chi connectivity index (χ1) is 11.1. The molecule has 0 radical (unpaired) electrons. The van der Waals surface area contributed by atoms with E-state index in [9.17, 15) is 15.0 Å². The number of phenols is 2. The van der Waals surface area contributed by atoms with Crippen molar-refractivity contribution in [1.82, 2.24) is 0 Å². The van der Waals surface area contributed by atoms with Crippen LogP contribution in [0.3, 0.4) is 0 Å². The number of esters is 1. The second kappa shape index (κ2) is 8.17. The number of rotatable bonds is 0. The Morgan fingerprint density at radius 1 is 1.09 bits per heavy atom. The molecule has 0 saturated carbocycles. The maximum atomic E-state index is 12.3. The van der Waals surface area contributed by atoms with Gasteiger partial charge in [-0.3, -0.25) is 4.99 Å². The highest BCUT2D eigenvalue weighted by Crippen LogP contribution is 2.29. The van der Waals surface area contributed by atoms with Crippen molar-refractivity contribution in [2.75, 3.05) is 13.7 Å². The fraction of sp³-hybridized carbons (Fsp3) is 0.333. The number of carbonyl (C=O) groups is 1. The lowest BCUT2D eigenvalue weighted by molar-refractivity contribution is 0.0507. The molecule has 0 fully saturated rings. The summed E-state index contributed by atoms with van der Waals surface area (Å²) in [5.41, 5.74) is 1.33. The van der Waals surface area contributed by atoms with Crippen LogP contribution in [0.25, 0.3) is 0 Å². The summed E-state index contributed by atoms with van der Waals surface area (Å²) in [6, 6.07) is 2.60. The molecule has 0 saturated heterocycles. The largest absolute Gasteiger partial charge is 0.508 e. The average molecular weight is 315 g/mol. The minimum Gasteiger partial charge on any atom is -0.508 e. The summed E-state index contributed by atoms with van der Waals surface area (Å²) in [4.78, 5) is 16.5. The van der Waals surface area contributed by atoms with Gasteiger partial charge in [-0.05, 0) is 37.0 Å². The van der Waals surface area contributed by atoms with Crippen molar-refractivity contribution >= 4 is 11.7 Å². The number of aromatic hydroxyl groups is 2. The minimum absolute atomic E-state index is 0.0818. The Morgan fingerprint density at radius 2 is 1.83 bits per heavy atom. The molecule has 1 heterocycles. The van der Waals surface area contributed by atoms with Crippen molar-refractivity contribution in [2.24, 2.45) is 4.99 Å². The topological polar surface area (TPSA) is 79.1 Å². The number of allylic oxidation sites excluding steroid dienone is 3. The number of carbonyl (C=O) groups excluding carboxylic acids is 1. The summed E-state index contributed by atoms with van der Waals surface area (Å²) in [5, 5.41) is 19.7. The molecule has 2 rings (SSSR count). The van der Waals surface area contributed by atoms with E-state index in [4.69, 9.17) is 4.74 Å². The van der Waals surface area contributed by atoms with Gasteiger partial charge in [0.1, 0.15) is 17.1 Å². The van der Waals surface area contributed by atoms with E-state index in [0.29, 0.717) is 18.4 Å². The molecule has 1 aromatic rings. The van der Waals surface area contributed by atoms with Gasteiger partial charge in [0, 0.05) is 25.2 Å². The molecular formula is C18H21NO4. The first kappa shape index (κ1) is 16.8. The Morgan fingerprint density at radius 3 is 2.61 bits per heavy atom. The van der Waals surface area contributed by atoms with Gasteiger partial charge in [-0.25, -0.2) is 4.79 Å². The van der Waals surface area contributed by atoms with Crippen LogP contribution in [0.1, 0.15) is 35.2 Å². The van der Waals surface area contributed by atoms with Crippen molar-refractivity contribution < 1.29 is 19.7 Å². The predicted molar refractivity (Wildman–Crippen MR) is 89.2 cm³/mol. The number of hydrogen-bond acceptors (Lipinski definition) is 5. The summed E-state index contributed by atoms with van der Waals surface area (Å²) in [6.07, 6.45) is 10.7.